The number of aromatic nitrogens is 2. The number of fused-ring (bicyclic) bond motifs is 1. The molecule has 3 aromatic rings. The van der Waals surface area contributed by atoms with E-state index in [9.17, 15) is 0 Å². The van der Waals surface area contributed by atoms with Crippen LogP contribution in [0.2, 0.25) is 0 Å². The third kappa shape index (κ3) is 5.11. The van der Waals surface area contributed by atoms with Crippen molar-refractivity contribution in [2.45, 2.75) is 25.8 Å². The largest absolute Gasteiger partial charge is 0.483 e. The second-order valence-corrected chi connectivity index (χ2v) is 8.61. The van der Waals surface area contributed by atoms with Crippen LogP contribution in [0, 0.1) is 5.92 Å². The number of H-pyrrole nitrogens is 1. The minimum atomic E-state index is -0.250. The summed E-state index contributed by atoms with van der Waals surface area (Å²) in [4.78, 5) is 21.8. The zero-order valence-corrected chi connectivity index (χ0v) is 18.7. The van der Waals surface area contributed by atoms with Gasteiger partial charge in [0.1, 0.15) is 5.82 Å². The zero-order valence-electron chi connectivity index (χ0n) is 18.7. The number of aromatic amines is 1. The highest BCUT2D eigenvalue weighted by atomic mass is 16.3. The van der Waals surface area contributed by atoms with Crippen molar-refractivity contribution >= 4 is 23.2 Å². The van der Waals surface area contributed by atoms with Crippen LogP contribution < -0.4 is 10.2 Å². The van der Waals surface area contributed by atoms with E-state index in [1.54, 1.807) is 0 Å². The Hall–Kier alpha value is -2.90. The fourth-order valence-corrected chi connectivity index (χ4v) is 4.95. The van der Waals surface area contributed by atoms with Crippen LogP contribution in [0.1, 0.15) is 19.8 Å². The molecule has 0 aliphatic carbocycles. The molecule has 2 saturated heterocycles. The Morgan fingerprint density at radius 2 is 1.78 bits per heavy atom. The van der Waals surface area contributed by atoms with Crippen molar-refractivity contribution in [3.05, 3.63) is 48.5 Å². The monoisotopic (exact) mass is 435 g/mol. The van der Waals surface area contributed by atoms with Gasteiger partial charge in [-0.2, -0.15) is 0 Å². The quantitative estimate of drug-likeness (QED) is 0.545. The Balaban J connectivity index is 0.000000775. The fraction of sp³-hybridized carbons (Fsp3) is 0.440. The number of nitrogens with zero attached hydrogens (tertiary/aromatic N) is 3. The van der Waals surface area contributed by atoms with Crippen molar-refractivity contribution in [3.8, 4) is 11.4 Å². The van der Waals surface area contributed by atoms with Gasteiger partial charge in [-0.15, -0.1) is 0 Å². The van der Waals surface area contributed by atoms with Gasteiger partial charge < -0.3 is 20.3 Å². The van der Waals surface area contributed by atoms with E-state index >= 15 is 0 Å². The van der Waals surface area contributed by atoms with Gasteiger partial charge >= 0.3 is 0 Å². The summed E-state index contributed by atoms with van der Waals surface area (Å²) in [6, 6.07) is 17.7. The van der Waals surface area contributed by atoms with Gasteiger partial charge in [0.15, 0.2) is 0 Å². The highest BCUT2D eigenvalue weighted by Crippen LogP contribution is 2.27. The first-order valence-corrected chi connectivity index (χ1v) is 11.5. The Labute approximate surface area is 189 Å². The van der Waals surface area contributed by atoms with Crippen LogP contribution in [0.5, 0.6) is 0 Å². The molecule has 7 heteroatoms. The molecule has 0 spiro atoms. The van der Waals surface area contributed by atoms with Crippen molar-refractivity contribution in [1.29, 1.82) is 0 Å². The average Bonchev–Trinajstić information content (AvgIpc) is 3.29. The lowest BCUT2D eigenvalue weighted by atomic mass is 9.90. The van der Waals surface area contributed by atoms with Gasteiger partial charge in [-0.05, 0) is 63.0 Å². The van der Waals surface area contributed by atoms with Crippen LogP contribution in [0.15, 0.2) is 48.5 Å². The lowest BCUT2D eigenvalue weighted by molar-refractivity contribution is -0.122. The molecule has 2 fully saturated rings. The summed E-state index contributed by atoms with van der Waals surface area (Å²) >= 11 is 0. The number of carbonyl (C=O) groups is 1. The third-order valence-electron chi connectivity index (χ3n) is 6.83. The number of hydrogen-bond donors (Lipinski definition) is 3. The molecule has 32 heavy (non-hydrogen) atoms. The number of benzene rings is 2. The Kier molecular flexibility index (Phi) is 7.39. The summed E-state index contributed by atoms with van der Waals surface area (Å²) in [6.45, 7) is 9.05. The molecular weight excluding hydrogens is 402 g/mol. The molecule has 1 atom stereocenters. The van der Waals surface area contributed by atoms with Crippen molar-refractivity contribution in [1.82, 2.24) is 20.2 Å². The lowest BCUT2D eigenvalue weighted by Gasteiger charge is -2.42. The molecule has 2 aromatic carbocycles. The Morgan fingerprint density at radius 1 is 1.06 bits per heavy atom. The molecule has 0 bridgehead atoms. The van der Waals surface area contributed by atoms with E-state index in [-0.39, 0.29) is 6.47 Å². The van der Waals surface area contributed by atoms with Crippen molar-refractivity contribution in [3.63, 3.8) is 0 Å². The molecule has 0 saturated carbocycles. The number of anilines is 1. The molecule has 5 rings (SSSR count). The van der Waals surface area contributed by atoms with E-state index in [1.807, 2.05) is 12.1 Å². The van der Waals surface area contributed by atoms with E-state index < -0.39 is 0 Å². The Morgan fingerprint density at radius 3 is 2.50 bits per heavy atom. The molecule has 2 aliphatic rings. The van der Waals surface area contributed by atoms with Crippen LogP contribution >= 0.6 is 0 Å². The Bertz CT molecular complexity index is 973. The van der Waals surface area contributed by atoms with Crippen LogP contribution in [0.4, 0.5) is 5.69 Å². The second kappa shape index (κ2) is 10.6. The van der Waals surface area contributed by atoms with Crippen LogP contribution in [0.25, 0.3) is 22.4 Å². The van der Waals surface area contributed by atoms with E-state index in [0.29, 0.717) is 6.04 Å². The smallest absolute Gasteiger partial charge is 0.290 e. The highest BCUT2D eigenvalue weighted by Gasteiger charge is 2.28. The summed E-state index contributed by atoms with van der Waals surface area (Å²) in [5, 5.41) is 10.4. The minimum absolute atomic E-state index is 0.250. The molecule has 0 amide bonds. The van der Waals surface area contributed by atoms with Crippen LogP contribution in [-0.2, 0) is 4.79 Å². The molecule has 3 heterocycles. The normalized spacial score (nSPS) is 18.7. The molecule has 1 aromatic heterocycles. The molecule has 0 radical (unpaired) electrons. The van der Waals surface area contributed by atoms with Gasteiger partial charge in [-0.25, -0.2) is 4.98 Å². The number of nitrogens with one attached hydrogen (secondary N) is 2. The summed E-state index contributed by atoms with van der Waals surface area (Å²) < 4.78 is 0. The van der Waals surface area contributed by atoms with Crippen molar-refractivity contribution in [2.75, 3.05) is 44.2 Å². The van der Waals surface area contributed by atoms with E-state index in [4.69, 9.17) is 14.9 Å². The fourth-order valence-electron chi connectivity index (χ4n) is 4.95. The number of para-hydroxylation sites is 2. The minimum Gasteiger partial charge on any atom is -0.483 e. The predicted octanol–water partition coefficient (Wildman–Crippen LogP) is 3.44. The molecule has 1 unspecified atom stereocenters. The molecule has 7 nitrogen and oxygen atoms in total. The van der Waals surface area contributed by atoms with E-state index in [0.717, 1.165) is 54.5 Å². The second-order valence-electron chi connectivity index (χ2n) is 8.61. The predicted molar refractivity (Wildman–Crippen MR) is 129 cm³/mol. The number of imidazole rings is 1. The molecular formula is C25H33N5O2. The maximum atomic E-state index is 8.36. The van der Waals surface area contributed by atoms with E-state index in [2.05, 4.69) is 63.4 Å². The standard InChI is InChI=1S/C24H31N5.CH2O2/c1-18(19-9-11-25-12-10-19)28-13-15-29(16-14-28)21-6-4-5-20(17-21)24-26-22-7-2-3-8-23(22)27-24;2-1-3/h2-8,17-19,25H,9-16H2,1H3,(H,26,27);1H,(H,2,3). The first kappa shape index (κ1) is 22.3. The summed E-state index contributed by atoms with van der Waals surface area (Å²) in [6.07, 6.45) is 2.64. The number of hydrogen-bond acceptors (Lipinski definition) is 5. The maximum absolute atomic E-state index is 8.36. The topological polar surface area (TPSA) is 84.5 Å². The first-order chi connectivity index (χ1) is 15.7. The number of piperidine rings is 1. The van der Waals surface area contributed by atoms with Gasteiger partial charge in [-0.3, -0.25) is 9.69 Å². The van der Waals surface area contributed by atoms with Gasteiger partial charge in [0.2, 0.25) is 0 Å². The molecule has 2 aliphatic heterocycles. The van der Waals surface area contributed by atoms with Crippen LogP contribution in [0.3, 0.4) is 0 Å². The van der Waals surface area contributed by atoms with Crippen molar-refractivity contribution in [2.24, 2.45) is 5.92 Å². The number of rotatable bonds is 4. The summed E-state index contributed by atoms with van der Waals surface area (Å²) in [5.41, 5.74) is 4.57. The molecule has 3 N–H and O–H groups in total. The summed E-state index contributed by atoms with van der Waals surface area (Å²) in [5.74, 6) is 1.80. The zero-order chi connectivity index (χ0) is 22.3. The molecule has 170 valence electrons. The SMILES string of the molecule is CC(C1CCNCC1)N1CCN(c2cccc(-c3nc4ccccc4[nH]3)c2)CC1.O=CO. The van der Waals surface area contributed by atoms with Gasteiger partial charge in [-0.1, -0.05) is 24.3 Å². The highest BCUT2D eigenvalue weighted by molar-refractivity contribution is 5.79. The maximum Gasteiger partial charge on any atom is 0.290 e. The van der Waals surface area contributed by atoms with Gasteiger partial charge in [0.25, 0.3) is 6.47 Å². The number of piperazine rings is 1. The first-order valence-electron chi connectivity index (χ1n) is 11.5. The van der Waals surface area contributed by atoms with Gasteiger partial charge in [0, 0.05) is 43.5 Å². The number of carboxylic acid groups (broad SMARTS) is 1. The van der Waals surface area contributed by atoms with Gasteiger partial charge in [0.05, 0.1) is 11.0 Å². The summed E-state index contributed by atoms with van der Waals surface area (Å²) in [7, 11) is 0. The third-order valence-corrected chi connectivity index (χ3v) is 6.83. The van der Waals surface area contributed by atoms with E-state index in [1.165, 1.54) is 31.6 Å². The average molecular weight is 436 g/mol. The lowest BCUT2D eigenvalue weighted by Crippen LogP contribution is -2.52. The van der Waals surface area contributed by atoms with Crippen LogP contribution in [-0.4, -0.2) is 71.8 Å². The van der Waals surface area contributed by atoms with Crippen molar-refractivity contribution < 1.29 is 9.90 Å².